The van der Waals surface area contributed by atoms with E-state index in [0.29, 0.717) is 37.6 Å². The number of aliphatic hydroxyl groups is 1. The first kappa shape index (κ1) is 28.6. The molecule has 1 heterocycles. The molecule has 0 aromatic heterocycles. The van der Waals surface area contributed by atoms with Crippen molar-refractivity contribution in [2.75, 3.05) is 19.8 Å². The van der Waals surface area contributed by atoms with Crippen LogP contribution in [0.3, 0.4) is 0 Å². The summed E-state index contributed by atoms with van der Waals surface area (Å²) in [4.78, 5) is 18.8. The van der Waals surface area contributed by atoms with E-state index >= 15 is 0 Å². The minimum atomic E-state index is -1.18. The van der Waals surface area contributed by atoms with Crippen LogP contribution in [0.5, 0.6) is 5.75 Å². The van der Waals surface area contributed by atoms with Crippen molar-refractivity contribution in [1.82, 2.24) is 5.32 Å². The summed E-state index contributed by atoms with van der Waals surface area (Å²) in [6.45, 7) is 5.01. The summed E-state index contributed by atoms with van der Waals surface area (Å²) in [6, 6.07) is 25.6. The fourth-order valence-electron chi connectivity index (χ4n) is 4.63. The van der Waals surface area contributed by atoms with Gasteiger partial charge in [0.2, 0.25) is 5.90 Å². The number of hydrogen-bond acceptors (Lipinski definition) is 5. The van der Waals surface area contributed by atoms with Crippen LogP contribution in [-0.4, -0.2) is 42.2 Å². The highest BCUT2D eigenvalue weighted by Crippen LogP contribution is 2.43. The van der Waals surface area contributed by atoms with Crippen LogP contribution in [0.4, 0.5) is 0 Å². The quantitative estimate of drug-likeness (QED) is 0.173. The summed E-state index contributed by atoms with van der Waals surface area (Å²) >= 11 is 3.50. The summed E-state index contributed by atoms with van der Waals surface area (Å²) in [5, 5.41) is 12.1. The van der Waals surface area contributed by atoms with E-state index in [1.165, 1.54) is 5.56 Å². The smallest absolute Gasteiger partial charge is 0.252 e. The summed E-state index contributed by atoms with van der Waals surface area (Å²) in [5.41, 5.74) is 1.74. The highest BCUT2D eigenvalue weighted by atomic mass is 79.9. The highest BCUT2D eigenvalue weighted by molar-refractivity contribution is 9.10. The molecule has 4 rings (SSSR count). The molecule has 2 atom stereocenters. The average Bonchev–Trinajstić information content (AvgIpc) is 3.35. The number of ether oxygens (including phenoxy) is 2. The summed E-state index contributed by atoms with van der Waals surface area (Å²) in [7, 11) is 0. The number of aliphatic imine (C=N–C) groups is 1. The predicted molar refractivity (Wildman–Crippen MR) is 158 cm³/mol. The van der Waals surface area contributed by atoms with Gasteiger partial charge in [0.1, 0.15) is 5.75 Å². The Labute approximate surface area is 238 Å². The zero-order chi connectivity index (χ0) is 27.5. The first-order chi connectivity index (χ1) is 19.1. The molecule has 0 aliphatic carbocycles. The van der Waals surface area contributed by atoms with Crippen LogP contribution in [0.2, 0.25) is 0 Å². The number of carbonyl (C=O) groups excluding carboxylic acids is 1. The Morgan fingerprint density at radius 1 is 1.05 bits per heavy atom. The first-order valence-corrected chi connectivity index (χ1v) is 14.1. The van der Waals surface area contributed by atoms with E-state index in [1.54, 1.807) is 6.08 Å². The first-order valence-electron chi connectivity index (χ1n) is 13.3. The van der Waals surface area contributed by atoms with Crippen molar-refractivity contribution in [3.8, 4) is 5.75 Å². The second-order valence-electron chi connectivity index (χ2n) is 9.53. The number of halogens is 1. The Bertz CT molecular complexity index is 1250. The molecule has 0 unspecified atom stereocenters. The molecule has 0 bridgehead atoms. The number of amides is 1. The van der Waals surface area contributed by atoms with Crippen LogP contribution in [0.1, 0.15) is 48.5 Å². The van der Waals surface area contributed by atoms with Gasteiger partial charge in [-0.25, -0.2) is 4.99 Å². The number of hydrogen-bond donors (Lipinski definition) is 2. The second kappa shape index (κ2) is 14.1. The number of benzene rings is 3. The van der Waals surface area contributed by atoms with Gasteiger partial charge in [-0.1, -0.05) is 64.5 Å². The summed E-state index contributed by atoms with van der Waals surface area (Å²) in [5.74, 6) is 0.931. The molecule has 0 fully saturated rings. The van der Waals surface area contributed by atoms with Gasteiger partial charge in [0.25, 0.3) is 5.91 Å². The largest absolute Gasteiger partial charge is 0.494 e. The molecule has 1 aliphatic heterocycles. The van der Waals surface area contributed by atoms with Crippen LogP contribution >= 0.6 is 15.9 Å². The number of nitrogens with one attached hydrogen (secondary N) is 1. The molecule has 39 heavy (non-hydrogen) atoms. The molecular weight excluding hydrogens is 556 g/mol. The van der Waals surface area contributed by atoms with Gasteiger partial charge in [0, 0.05) is 36.0 Å². The lowest BCUT2D eigenvalue weighted by atomic mass is 9.84. The minimum absolute atomic E-state index is 0.0840. The molecule has 3 aromatic rings. The topological polar surface area (TPSA) is 80.2 Å². The van der Waals surface area contributed by atoms with Crippen molar-refractivity contribution in [1.29, 1.82) is 0 Å². The van der Waals surface area contributed by atoms with Gasteiger partial charge in [-0.2, -0.15) is 0 Å². The summed E-state index contributed by atoms with van der Waals surface area (Å²) in [6.07, 6.45) is 4.84. The molecule has 0 spiro atoms. The highest BCUT2D eigenvalue weighted by Gasteiger charge is 2.52. The van der Waals surface area contributed by atoms with Gasteiger partial charge in [0.15, 0.2) is 11.6 Å². The maximum Gasteiger partial charge on any atom is 0.252 e. The van der Waals surface area contributed by atoms with E-state index in [1.807, 2.05) is 66.7 Å². The van der Waals surface area contributed by atoms with Crippen LogP contribution in [-0.2, 0) is 16.0 Å². The summed E-state index contributed by atoms with van der Waals surface area (Å²) < 4.78 is 13.0. The average molecular weight is 592 g/mol. The van der Waals surface area contributed by atoms with Crippen molar-refractivity contribution in [3.63, 3.8) is 0 Å². The van der Waals surface area contributed by atoms with Crippen LogP contribution in [0.15, 0.2) is 101 Å². The van der Waals surface area contributed by atoms with E-state index in [9.17, 15) is 4.79 Å². The Balaban J connectivity index is 1.53. The van der Waals surface area contributed by atoms with Crippen molar-refractivity contribution < 1.29 is 19.4 Å². The lowest BCUT2D eigenvalue weighted by molar-refractivity contribution is -0.128. The fraction of sp³-hybridized carbons (Fsp3) is 0.312. The number of unbranched alkanes of at least 4 members (excludes halogenated alkanes) is 1. The second-order valence-corrected chi connectivity index (χ2v) is 10.4. The maximum absolute atomic E-state index is 13.8. The molecule has 7 heteroatoms. The molecule has 1 amide bonds. The molecule has 0 saturated carbocycles. The van der Waals surface area contributed by atoms with Crippen LogP contribution in [0.25, 0.3) is 0 Å². The lowest BCUT2D eigenvalue weighted by Crippen LogP contribution is -2.48. The van der Waals surface area contributed by atoms with E-state index in [0.717, 1.165) is 34.9 Å². The van der Waals surface area contributed by atoms with Crippen molar-refractivity contribution >= 4 is 27.7 Å². The molecule has 0 saturated heterocycles. The number of nitrogens with zero attached hydrogens (tertiary/aromatic N) is 1. The maximum atomic E-state index is 13.8. The van der Waals surface area contributed by atoms with Gasteiger partial charge in [-0.05, 0) is 66.8 Å². The van der Waals surface area contributed by atoms with E-state index in [4.69, 9.17) is 19.6 Å². The van der Waals surface area contributed by atoms with Crippen molar-refractivity contribution in [2.45, 2.75) is 43.7 Å². The number of aryl methyl sites for hydroxylation is 1. The fourth-order valence-corrected chi connectivity index (χ4v) is 4.89. The van der Waals surface area contributed by atoms with E-state index in [2.05, 4.69) is 40.0 Å². The minimum Gasteiger partial charge on any atom is -0.494 e. The van der Waals surface area contributed by atoms with Gasteiger partial charge < -0.3 is 19.9 Å². The normalized spacial score (nSPS) is 18.2. The molecule has 1 aliphatic rings. The van der Waals surface area contributed by atoms with Gasteiger partial charge in [0.05, 0.1) is 6.61 Å². The number of rotatable bonds is 14. The monoisotopic (exact) mass is 590 g/mol. The Hall–Kier alpha value is -3.42. The van der Waals surface area contributed by atoms with E-state index < -0.39 is 11.6 Å². The predicted octanol–water partition coefficient (Wildman–Crippen LogP) is 6.18. The van der Waals surface area contributed by atoms with E-state index in [-0.39, 0.29) is 12.5 Å². The molecule has 6 nitrogen and oxygen atoms in total. The van der Waals surface area contributed by atoms with Crippen LogP contribution in [0, 0.1) is 0 Å². The van der Waals surface area contributed by atoms with Crippen LogP contribution < -0.4 is 10.1 Å². The Kier molecular flexibility index (Phi) is 10.3. The van der Waals surface area contributed by atoms with Crippen molar-refractivity contribution in [2.24, 2.45) is 4.99 Å². The molecule has 204 valence electrons. The molecule has 3 aromatic carbocycles. The Morgan fingerprint density at radius 2 is 1.79 bits per heavy atom. The Morgan fingerprint density at radius 3 is 2.49 bits per heavy atom. The third-order valence-corrected chi connectivity index (χ3v) is 7.21. The van der Waals surface area contributed by atoms with Gasteiger partial charge >= 0.3 is 0 Å². The third-order valence-electron chi connectivity index (χ3n) is 6.68. The molecular formula is C32H35BrN2O4. The number of aliphatic hydroxyl groups excluding tert-OH is 1. The zero-order valence-electron chi connectivity index (χ0n) is 22.0. The number of carbonyl (C=O) groups is 1. The van der Waals surface area contributed by atoms with Crippen molar-refractivity contribution in [3.05, 3.63) is 113 Å². The van der Waals surface area contributed by atoms with Gasteiger partial charge in [-0.15, -0.1) is 6.58 Å². The molecule has 2 N–H and O–H groups in total. The zero-order valence-corrected chi connectivity index (χ0v) is 23.6. The lowest BCUT2D eigenvalue weighted by Gasteiger charge is -2.29. The third kappa shape index (κ3) is 7.37. The SMILES string of the molecule is C=CC[C@@]1(C(=O)NCCCCc2ccccc2)N=C(c2ccc(OCCCO)cc2)O[C@@H]1c1ccc(Br)cc1. The molecule has 0 radical (unpaired) electrons. The standard InChI is InChI=1S/C32H35BrN2O4/c1-2-20-32(31(37)34-21-7-6-11-24-9-4-3-5-10-24)29(25-12-16-27(33)17-13-25)39-30(35-32)26-14-18-28(19-15-26)38-23-8-22-36/h2-5,9-10,12-19,29,36H,1,6-8,11,20-23H2,(H,34,37)/t29-,32-/m1/s1. The van der Waals surface area contributed by atoms with Gasteiger partial charge in [-0.3, -0.25) is 4.79 Å².